The van der Waals surface area contributed by atoms with E-state index in [-0.39, 0.29) is 30.2 Å². The minimum Gasteiger partial charge on any atom is -0.371 e. The summed E-state index contributed by atoms with van der Waals surface area (Å²) in [6.45, 7) is 10.7. The van der Waals surface area contributed by atoms with Gasteiger partial charge in [-0.25, -0.2) is 4.98 Å². The third-order valence-corrected chi connectivity index (χ3v) is 14.0. The fourth-order valence-corrected chi connectivity index (χ4v) is 10.4. The molecule has 2 N–H and O–H groups in total. The number of halogens is 3. The SMILES string of the molecule is C[C@@H]1CN(CC2CCN(c3ccc(NC(=O)C4CCN(c5ccc(C#N)c(C(F)(F)F)c5)CC4)nc3)CC2)CCN1C1CN(c2ccc3c(c2)C(=O)N(C2CCC(=O)NC2=O)C3=O)C1. The maximum absolute atomic E-state index is 13.5. The highest BCUT2D eigenvalue weighted by Gasteiger charge is 2.46. The van der Waals surface area contributed by atoms with Crippen molar-refractivity contribution in [3.63, 3.8) is 0 Å². The predicted octanol–water partition coefficient (Wildman–Crippen LogP) is 4.34. The minimum absolute atomic E-state index is 0.0831. The van der Waals surface area contributed by atoms with E-state index >= 15 is 0 Å². The van der Waals surface area contributed by atoms with E-state index in [4.69, 9.17) is 5.26 Å². The summed E-state index contributed by atoms with van der Waals surface area (Å²) in [4.78, 5) is 80.8. The first-order valence-corrected chi connectivity index (χ1v) is 22.2. The summed E-state index contributed by atoms with van der Waals surface area (Å²) in [6.07, 6.45) is 0.499. The molecule has 6 aliphatic heterocycles. The summed E-state index contributed by atoms with van der Waals surface area (Å²) in [6, 6.07) is 14.3. The molecule has 64 heavy (non-hydrogen) atoms. The number of carbonyl (C=O) groups is 5. The summed E-state index contributed by atoms with van der Waals surface area (Å²) in [5, 5.41) is 14.3. The van der Waals surface area contributed by atoms with Crippen LogP contribution in [0, 0.1) is 23.2 Å². The minimum atomic E-state index is -4.63. The quantitative estimate of drug-likeness (QED) is 0.293. The van der Waals surface area contributed by atoms with Crippen LogP contribution in [0.15, 0.2) is 54.7 Å². The number of nitrogens with one attached hydrogen (secondary N) is 2. The molecular weight excluding hydrogens is 830 g/mol. The van der Waals surface area contributed by atoms with Gasteiger partial charge < -0.3 is 24.9 Å². The number of nitrogens with zero attached hydrogens (tertiary/aromatic N) is 8. The highest BCUT2D eigenvalue weighted by molar-refractivity contribution is 6.23. The second-order valence-corrected chi connectivity index (χ2v) is 18.0. The number of amides is 5. The van der Waals surface area contributed by atoms with Crippen molar-refractivity contribution in [3.05, 3.63) is 77.0 Å². The molecule has 6 aliphatic rings. The Hall–Kier alpha value is -6.06. The molecule has 0 aliphatic carbocycles. The molecule has 2 atom stereocenters. The lowest BCUT2D eigenvalue weighted by Crippen LogP contribution is -2.66. The molecular formula is C46H51F3N10O5. The topological polar surface area (TPSA) is 166 Å². The number of anilines is 4. The average Bonchev–Trinajstić information content (AvgIpc) is 3.51. The van der Waals surface area contributed by atoms with E-state index in [9.17, 15) is 37.1 Å². The molecule has 5 amide bonds. The number of pyridine rings is 1. The smallest absolute Gasteiger partial charge is 0.371 e. The van der Waals surface area contributed by atoms with Gasteiger partial charge in [-0.3, -0.25) is 39.1 Å². The lowest BCUT2D eigenvalue weighted by Gasteiger charge is -2.52. The van der Waals surface area contributed by atoms with E-state index in [1.165, 1.54) is 12.1 Å². The van der Waals surface area contributed by atoms with Gasteiger partial charge in [-0.2, -0.15) is 18.4 Å². The van der Waals surface area contributed by atoms with Crippen molar-refractivity contribution >= 4 is 52.4 Å². The molecule has 3 aromatic rings. The van der Waals surface area contributed by atoms with Gasteiger partial charge >= 0.3 is 6.18 Å². The van der Waals surface area contributed by atoms with Gasteiger partial charge in [-0.05, 0) is 93.5 Å². The summed E-state index contributed by atoms with van der Waals surface area (Å²) >= 11 is 0. The number of nitriles is 1. The molecule has 1 unspecified atom stereocenters. The summed E-state index contributed by atoms with van der Waals surface area (Å²) in [5.41, 5.74) is 1.50. The molecule has 5 fully saturated rings. The Kier molecular flexibility index (Phi) is 11.8. The molecule has 336 valence electrons. The monoisotopic (exact) mass is 880 g/mol. The molecule has 5 saturated heterocycles. The fraction of sp³-hybridized carbons (Fsp3) is 0.500. The van der Waals surface area contributed by atoms with Gasteiger partial charge in [0.2, 0.25) is 17.7 Å². The number of fused-ring (bicyclic) bond motifs is 1. The van der Waals surface area contributed by atoms with Crippen LogP contribution < -0.4 is 25.3 Å². The van der Waals surface area contributed by atoms with Gasteiger partial charge in [-0.1, -0.05) is 0 Å². The van der Waals surface area contributed by atoms with Crippen molar-refractivity contribution in [2.45, 2.75) is 69.8 Å². The predicted molar refractivity (Wildman–Crippen MR) is 231 cm³/mol. The number of hydrogen-bond acceptors (Lipinski definition) is 12. The zero-order valence-corrected chi connectivity index (χ0v) is 35.6. The Labute approximate surface area is 369 Å². The Morgan fingerprint density at radius 1 is 0.812 bits per heavy atom. The molecule has 9 rings (SSSR count). The number of piperidine rings is 3. The molecule has 1 aromatic heterocycles. The van der Waals surface area contributed by atoms with E-state index in [0.29, 0.717) is 61.0 Å². The van der Waals surface area contributed by atoms with E-state index in [0.717, 1.165) is 87.5 Å². The normalized spacial score (nSPS) is 23.2. The third-order valence-electron chi connectivity index (χ3n) is 14.0. The number of piperazine rings is 1. The Balaban J connectivity index is 0.688. The lowest BCUT2D eigenvalue weighted by molar-refractivity contribution is -0.138. The summed E-state index contributed by atoms with van der Waals surface area (Å²) in [7, 11) is 0. The number of aromatic nitrogens is 1. The molecule has 0 radical (unpaired) electrons. The van der Waals surface area contributed by atoms with Gasteiger partial charge in [0.1, 0.15) is 11.9 Å². The van der Waals surface area contributed by atoms with Gasteiger partial charge in [0.15, 0.2) is 0 Å². The highest BCUT2D eigenvalue weighted by Crippen LogP contribution is 2.37. The Bertz CT molecular complexity index is 2370. The number of rotatable bonds is 9. The number of benzene rings is 2. The van der Waals surface area contributed by atoms with Crippen molar-refractivity contribution in [1.82, 2.24) is 25.0 Å². The average molecular weight is 881 g/mol. The molecule has 0 saturated carbocycles. The molecule has 7 heterocycles. The second-order valence-electron chi connectivity index (χ2n) is 18.0. The zero-order valence-electron chi connectivity index (χ0n) is 35.6. The van der Waals surface area contributed by atoms with Crippen LogP contribution in [-0.4, -0.2) is 133 Å². The van der Waals surface area contributed by atoms with Crippen molar-refractivity contribution in [1.29, 1.82) is 5.26 Å². The van der Waals surface area contributed by atoms with Crippen LogP contribution in [0.3, 0.4) is 0 Å². The van der Waals surface area contributed by atoms with Gasteiger partial charge in [0.25, 0.3) is 11.8 Å². The number of imide groups is 2. The zero-order chi connectivity index (χ0) is 44.9. The first kappa shape index (κ1) is 43.2. The van der Waals surface area contributed by atoms with Crippen LogP contribution >= 0.6 is 0 Å². The van der Waals surface area contributed by atoms with Gasteiger partial charge in [0.05, 0.1) is 40.2 Å². The Morgan fingerprint density at radius 2 is 1.48 bits per heavy atom. The van der Waals surface area contributed by atoms with Crippen LogP contribution in [0.4, 0.5) is 36.1 Å². The Morgan fingerprint density at radius 3 is 2.16 bits per heavy atom. The van der Waals surface area contributed by atoms with Crippen LogP contribution in [-0.2, 0) is 20.6 Å². The molecule has 0 spiro atoms. The largest absolute Gasteiger partial charge is 0.417 e. The highest BCUT2D eigenvalue weighted by atomic mass is 19.4. The molecule has 18 heteroatoms. The van der Waals surface area contributed by atoms with Gasteiger partial charge in [-0.15, -0.1) is 0 Å². The van der Waals surface area contributed by atoms with E-state index < -0.39 is 47.0 Å². The standard InChI is InChI=1S/C46H51F3N10O5/c1-28-24-54(18-19-58(28)35-26-57(27-35)32-4-6-36-37(20-32)45(64)59(44(36)63)39-7-9-41(60)53-43(39)62)25-29-10-14-56(15-11-29)34-5-8-40(51-23-34)52-42(61)30-12-16-55(17-13-30)33-3-2-31(22-50)38(21-33)46(47,48)49/h2-6,8,20-21,23,28-30,35,39H,7,9-19,24-27H2,1H3,(H,51,52,61)(H,53,60,62)/t28-,39?/m1/s1. The number of hydrogen-bond donors (Lipinski definition) is 2. The summed E-state index contributed by atoms with van der Waals surface area (Å²) < 4.78 is 40.5. The lowest BCUT2D eigenvalue weighted by atomic mass is 9.94. The van der Waals surface area contributed by atoms with E-state index in [2.05, 4.69) is 42.1 Å². The third kappa shape index (κ3) is 8.62. The maximum Gasteiger partial charge on any atom is 0.417 e. The number of alkyl halides is 3. The van der Waals surface area contributed by atoms with Gasteiger partial charge in [0, 0.05) is 101 Å². The van der Waals surface area contributed by atoms with E-state index in [1.807, 2.05) is 23.1 Å². The van der Waals surface area contributed by atoms with Crippen LogP contribution in [0.2, 0.25) is 0 Å². The fourth-order valence-electron chi connectivity index (χ4n) is 10.4. The van der Waals surface area contributed by atoms with Crippen LogP contribution in [0.1, 0.15) is 77.3 Å². The van der Waals surface area contributed by atoms with Crippen molar-refractivity contribution < 1.29 is 37.1 Å². The van der Waals surface area contributed by atoms with Crippen LogP contribution in [0.25, 0.3) is 0 Å². The molecule has 2 aromatic carbocycles. The van der Waals surface area contributed by atoms with Crippen LogP contribution in [0.5, 0.6) is 0 Å². The van der Waals surface area contributed by atoms with Crippen molar-refractivity contribution in [2.24, 2.45) is 11.8 Å². The van der Waals surface area contributed by atoms with E-state index in [1.54, 1.807) is 24.4 Å². The second kappa shape index (κ2) is 17.5. The first-order valence-electron chi connectivity index (χ1n) is 22.2. The van der Waals surface area contributed by atoms with Crippen molar-refractivity contribution in [3.8, 4) is 6.07 Å². The molecule has 0 bridgehead atoms. The van der Waals surface area contributed by atoms with Crippen molar-refractivity contribution in [2.75, 3.05) is 85.5 Å². The number of carbonyl (C=O) groups excluding carboxylic acids is 5. The summed E-state index contributed by atoms with van der Waals surface area (Å²) in [5.74, 6) is -1.39. The maximum atomic E-state index is 13.5. The first-order chi connectivity index (χ1) is 30.7. The molecule has 15 nitrogen and oxygen atoms in total.